The molecule has 1 aromatic carbocycles. The lowest BCUT2D eigenvalue weighted by atomic mass is 10.1. The van der Waals surface area contributed by atoms with Crippen LogP contribution < -0.4 is 10.5 Å². The van der Waals surface area contributed by atoms with Crippen molar-refractivity contribution >= 4 is 0 Å². The minimum Gasteiger partial charge on any atom is -0.493 e. The fourth-order valence-corrected chi connectivity index (χ4v) is 1.22. The van der Waals surface area contributed by atoms with Crippen LogP contribution in [-0.2, 0) is 6.42 Å². The minimum atomic E-state index is 0.563. The Bertz CT molecular complexity index is 271. The Hall–Kier alpha value is -1.02. The van der Waals surface area contributed by atoms with Gasteiger partial charge >= 0.3 is 0 Å². The molecular weight excluding hydrogens is 174 g/mol. The van der Waals surface area contributed by atoms with Gasteiger partial charge in [-0.3, -0.25) is 0 Å². The normalized spacial score (nSPS) is 10.6. The molecule has 0 aliphatic rings. The van der Waals surface area contributed by atoms with E-state index >= 15 is 0 Å². The van der Waals surface area contributed by atoms with E-state index in [2.05, 4.69) is 26.0 Å². The van der Waals surface area contributed by atoms with Crippen molar-refractivity contribution in [3.05, 3.63) is 29.8 Å². The van der Waals surface area contributed by atoms with Crippen LogP contribution in [0.5, 0.6) is 5.75 Å². The van der Waals surface area contributed by atoms with Gasteiger partial charge in [0, 0.05) is 0 Å². The highest BCUT2D eigenvalue weighted by atomic mass is 16.5. The van der Waals surface area contributed by atoms with Crippen LogP contribution in [0.25, 0.3) is 0 Å². The number of nitrogens with two attached hydrogens (primary N) is 1. The molecule has 1 rings (SSSR count). The van der Waals surface area contributed by atoms with Crippen LogP contribution in [0, 0.1) is 5.92 Å². The van der Waals surface area contributed by atoms with E-state index in [1.165, 1.54) is 5.56 Å². The average molecular weight is 193 g/mol. The Kier molecular flexibility index (Phi) is 4.47. The largest absolute Gasteiger partial charge is 0.493 e. The third-order valence-electron chi connectivity index (χ3n) is 1.91. The molecule has 0 radical (unpaired) electrons. The summed E-state index contributed by atoms with van der Waals surface area (Å²) < 4.78 is 5.61. The Morgan fingerprint density at radius 2 is 2.14 bits per heavy atom. The Morgan fingerprint density at radius 3 is 2.79 bits per heavy atom. The third-order valence-corrected chi connectivity index (χ3v) is 1.91. The quantitative estimate of drug-likeness (QED) is 0.778. The van der Waals surface area contributed by atoms with Gasteiger partial charge in [-0.25, -0.2) is 0 Å². The first-order valence-corrected chi connectivity index (χ1v) is 5.14. The zero-order chi connectivity index (χ0) is 10.4. The van der Waals surface area contributed by atoms with E-state index in [9.17, 15) is 0 Å². The van der Waals surface area contributed by atoms with Crippen LogP contribution >= 0.6 is 0 Å². The molecule has 0 spiro atoms. The topological polar surface area (TPSA) is 35.2 Å². The van der Waals surface area contributed by atoms with Gasteiger partial charge in [0.05, 0.1) is 6.61 Å². The van der Waals surface area contributed by atoms with Gasteiger partial charge in [-0.15, -0.1) is 0 Å². The molecule has 0 aromatic heterocycles. The highest BCUT2D eigenvalue weighted by molar-refractivity contribution is 5.28. The van der Waals surface area contributed by atoms with E-state index in [0.717, 1.165) is 18.8 Å². The van der Waals surface area contributed by atoms with Crippen molar-refractivity contribution in [2.24, 2.45) is 11.7 Å². The number of benzene rings is 1. The van der Waals surface area contributed by atoms with Gasteiger partial charge in [-0.1, -0.05) is 26.0 Å². The van der Waals surface area contributed by atoms with Gasteiger partial charge in [0.2, 0.25) is 0 Å². The second kappa shape index (κ2) is 5.66. The molecule has 0 bridgehead atoms. The SMILES string of the molecule is CC(C)COc1cccc(CCN)c1. The summed E-state index contributed by atoms with van der Waals surface area (Å²) in [6, 6.07) is 8.15. The first-order chi connectivity index (χ1) is 6.72. The lowest BCUT2D eigenvalue weighted by Gasteiger charge is -2.09. The van der Waals surface area contributed by atoms with E-state index in [1.807, 2.05) is 12.1 Å². The summed E-state index contributed by atoms with van der Waals surface area (Å²) in [6.07, 6.45) is 0.916. The van der Waals surface area contributed by atoms with Crippen LogP contribution in [0.3, 0.4) is 0 Å². The molecular formula is C12H19NO. The molecule has 0 heterocycles. The Morgan fingerprint density at radius 1 is 1.36 bits per heavy atom. The maximum Gasteiger partial charge on any atom is 0.119 e. The smallest absolute Gasteiger partial charge is 0.119 e. The number of ether oxygens (including phenoxy) is 1. The predicted molar refractivity (Wildman–Crippen MR) is 59.5 cm³/mol. The fraction of sp³-hybridized carbons (Fsp3) is 0.500. The number of rotatable bonds is 5. The summed E-state index contributed by atoms with van der Waals surface area (Å²) in [6.45, 7) is 5.74. The van der Waals surface area contributed by atoms with E-state index in [-0.39, 0.29) is 0 Å². The molecule has 0 aliphatic carbocycles. The van der Waals surface area contributed by atoms with E-state index in [0.29, 0.717) is 12.5 Å². The second-order valence-electron chi connectivity index (χ2n) is 3.89. The lowest BCUT2D eigenvalue weighted by Crippen LogP contribution is -2.06. The summed E-state index contributed by atoms with van der Waals surface area (Å²) in [7, 11) is 0. The van der Waals surface area contributed by atoms with Crippen molar-refractivity contribution in [1.82, 2.24) is 0 Å². The van der Waals surface area contributed by atoms with Crippen LogP contribution in [-0.4, -0.2) is 13.2 Å². The molecule has 0 amide bonds. The summed E-state index contributed by atoms with van der Waals surface area (Å²) in [5.41, 5.74) is 6.74. The second-order valence-corrected chi connectivity index (χ2v) is 3.89. The summed E-state index contributed by atoms with van der Waals surface area (Å²) >= 11 is 0. The highest BCUT2D eigenvalue weighted by Gasteiger charge is 1.98. The minimum absolute atomic E-state index is 0.563. The molecule has 0 aliphatic heterocycles. The van der Waals surface area contributed by atoms with Crippen LogP contribution in [0.15, 0.2) is 24.3 Å². The number of hydrogen-bond donors (Lipinski definition) is 1. The molecule has 2 nitrogen and oxygen atoms in total. The maximum atomic E-state index is 5.61. The lowest BCUT2D eigenvalue weighted by molar-refractivity contribution is 0.271. The highest BCUT2D eigenvalue weighted by Crippen LogP contribution is 2.14. The van der Waals surface area contributed by atoms with Gasteiger partial charge in [-0.05, 0) is 36.6 Å². The maximum absolute atomic E-state index is 5.61. The van der Waals surface area contributed by atoms with Crippen molar-refractivity contribution in [3.8, 4) is 5.75 Å². The molecule has 0 unspecified atom stereocenters. The van der Waals surface area contributed by atoms with Crippen molar-refractivity contribution in [2.75, 3.05) is 13.2 Å². The molecule has 1 aromatic rings. The fourth-order valence-electron chi connectivity index (χ4n) is 1.22. The van der Waals surface area contributed by atoms with Gasteiger partial charge in [0.25, 0.3) is 0 Å². The molecule has 0 fully saturated rings. The van der Waals surface area contributed by atoms with E-state index in [4.69, 9.17) is 10.5 Å². The van der Waals surface area contributed by atoms with Crippen molar-refractivity contribution in [3.63, 3.8) is 0 Å². The molecule has 0 atom stereocenters. The van der Waals surface area contributed by atoms with E-state index < -0.39 is 0 Å². The average Bonchev–Trinajstić information content (AvgIpc) is 2.16. The monoisotopic (exact) mass is 193 g/mol. The zero-order valence-electron chi connectivity index (χ0n) is 8.99. The summed E-state index contributed by atoms with van der Waals surface area (Å²) in [4.78, 5) is 0. The Labute approximate surface area is 86.1 Å². The molecule has 2 heteroatoms. The molecule has 0 saturated carbocycles. The van der Waals surface area contributed by atoms with Crippen molar-refractivity contribution < 1.29 is 4.74 Å². The van der Waals surface area contributed by atoms with Crippen LogP contribution in [0.2, 0.25) is 0 Å². The standard InChI is InChI=1S/C12H19NO/c1-10(2)9-14-12-5-3-4-11(8-12)6-7-13/h3-5,8,10H,6-7,9,13H2,1-2H3. The third kappa shape index (κ3) is 3.79. The Balaban J connectivity index is 2.54. The van der Waals surface area contributed by atoms with Crippen LogP contribution in [0.1, 0.15) is 19.4 Å². The number of hydrogen-bond acceptors (Lipinski definition) is 2. The van der Waals surface area contributed by atoms with Crippen molar-refractivity contribution in [1.29, 1.82) is 0 Å². The molecule has 78 valence electrons. The van der Waals surface area contributed by atoms with E-state index in [1.54, 1.807) is 0 Å². The van der Waals surface area contributed by atoms with Crippen molar-refractivity contribution in [2.45, 2.75) is 20.3 Å². The van der Waals surface area contributed by atoms with Gasteiger partial charge < -0.3 is 10.5 Å². The van der Waals surface area contributed by atoms with Crippen LogP contribution in [0.4, 0.5) is 0 Å². The summed E-state index contributed by atoms with van der Waals surface area (Å²) in [5.74, 6) is 1.51. The van der Waals surface area contributed by atoms with Gasteiger partial charge in [0.15, 0.2) is 0 Å². The predicted octanol–water partition coefficient (Wildman–Crippen LogP) is 2.22. The molecule has 14 heavy (non-hydrogen) atoms. The molecule has 2 N–H and O–H groups in total. The van der Waals surface area contributed by atoms with Gasteiger partial charge in [-0.2, -0.15) is 0 Å². The summed E-state index contributed by atoms with van der Waals surface area (Å²) in [5, 5.41) is 0. The first-order valence-electron chi connectivity index (χ1n) is 5.14. The molecule has 0 saturated heterocycles. The zero-order valence-corrected chi connectivity index (χ0v) is 8.99. The first kappa shape index (κ1) is 11.1. The van der Waals surface area contributed by atoms with Gasteiger partial charge in [0.1, 0.15) is 5.75 Å².